The Labute approximate surface area is 159 Å². The molecule has 2 aromatic heterocycles. The number of likely N-dealkylation sites (tertiary alicyclic amines) is 1. The Balaban J connectivity index is 1.48. The Morgan fingerprint density at radius 2 is 1.88 bits per heavy atom. The summed E-state index contributed by atoms with van der Waals surface area (Å²) < 4.78 is 0. The zero-order valence-corrected chi connectivity index (χ0v) is 16.5. The molecule has 0 radical (unpaired) electrons. The van der Waals surface area contributed by atoms with Crippen molar-refractivity contribution in [3.63, 3.8) is 0 Å². The minimum absolute atomic E-state index is 0.140. The lowest BCUT2D eigenvalue weighted by Gasteiger charge is -2.48. The van der Waals surface area contributed by atoms with Crippen molar-refractivity contribution in [3.8, 4) is 0 Å². The molecule has 0 atom stereocenters. The number of pyridine rings is 1. The van der Waals surface area contributed by atoms with Gasteiger partial charge in [-0.25, -0.2) is 0 Å². The molecule has 0 N–H and O–H groups in total. The fourth-order valence-corrected chi connectivity index (χ4v) is 5.89. The average molecular weight is 370 g/mol. The Kier molecular flexibility index (Phi) is 4.61. The Hall–Kier alpha value is -1.72. The van der Waals surface area contributed by atoms with Gasteiger partial charge in [-0.3, -0.25) is 14.7 Å². The highest BCUT2D eigenvalue weighted by molar-refractivity contribution is 7.10. The van der Waals surface area contributed by atoms with Crippen LogP contribution in [0.2, 0.25) is 0 Å². The summed E-state index contributed by atoms with van der Waals surface area (Å²) in [4.78, 5) is 22.7. The lowest BCUT2D eigenvalue weighted by atomic mass is 9.66. The molecule has 1 aliphatic heterocycles. The van der Waals surface area contributed by atoms with Crippen molar-refractivity contribution >= 4 is 17.2 Å². The highest BCUT2D eigenvalue weighted by Crippen LogP contribution is 2.52. The number of hydrogen-bond acceptors (Lipinski definition) is 4. The lowest BCUT2D eigenvalue weighted by molar-refractivity contribution is -0.128. The summed E-state index contributed by atoms with van der Waals surface area (Å²) >= 11 is 1.87. The third-order valence-electron chi connectivity index (χ3n) is 6.50. The summed E-state index contributed by atoms with van der Waals surface area (Å²) in [7, 11) is 4.40. The van der Waals surface area contributed by atoms with Crippen molar-refractivity contribution in [2.24, 2.45) is 5.41 Å². The molecule has 1 saturated heterocycles. The first-order valence-electron chi connectivity index (χ1n) is 9.41. The van der Waals surface area contributed by atoms with Crippen LogP contribution in [0.15, 0.2) is 42.0 Å². The van der Waals surface area contributed by atoms with Gasteiger partial charge in [0.15, 0.2) is 0 Å². The van der Waals surface area contributed by atoms with Gasteiger partial charge in [0, 0.05) is 36.8 Å². The standard InChI is InChI=1S/C21H27N3OS/c1-23(2)21(18-4-3-13-26-18)9-7-20(8-10-21)14-19(25)24(16-20)15-17-5-11-22-12-6-17/h3-6,11-13H,7-10,14-16H2,1-2H3. The van der Waals surface area contributed by atoms with Crippen LogP contribution in [-0.4, -0.2) is 41.3 Å². The number of thiophene rings is 1. The van der Waals surface area contributed by atoms with E-state index in [0.717, 1.165) is 32.2 Å². The number of carbonyl (C=O) groups excluding carboxylic acids is 1. The second-order valence-corrected chi connectivity index (χ2v) is 9.13. The molecule has 26 heavy (non-hydrogen) atoms. The first-order valence-corrected chi connectivity index (χ1v) is 10.3. The first kappa shape index (κ1) is 17.7. The molecule has 138 valence electrons. The predicted molar refractivity (Wildman–Crippen MR) is 105 cm³/mol. The molecule has 1 aliphatic carbocycles. The van der Waals surface area contributed by atoms with E-state index in [1.54, 1.807) is 12.4 Å². The van der Waals surface area contributed by atoms with Crippen LogP contribution in [0.4, 0.5) is 0 Å². The molecule has 4 rings (SSSR count). The third kappa shape index (κ3) is 3.08. The minimum atomic E-state index is 0.140. The topological polar surface area (TPSA) is 36.4 Å². The van der Waals surface area contributed by atoms with Crippen LogP contribution < -0.4 is 0 Å². The largest absolute Gasteiger partial charge is 0.338 e. The summed E-state index contributed by atoms with van der Waals surface area (Å²) in [5.74, 6) is 0.315. The van der Waals surface area contributed by atoms with E-state index in [2.05, 4.69) is 46.4 Å². The van der Waals surface area contributed by atoms with Crippen LogP contribution in [0, 0.1) is 5.41 Å². The van der Waals surface area contributed by atoms with Crippen LogP contribution in [0.1, 0.15) is 42.5 Å². The molecule has 1 amide bonds. The van der Waals surface area contributed by atoms with Crippen LogP contribution in [0.25, 0.3) is 0 Å². The minimum Gasteiger partial charge on any atom is -0.338 e. The Bertz CT molecular complexity index is 749. The predicted octanol–water partition coefficient (Wildman–Crippen LogP) is 3.89. The molecule has 0 bridgehead atoms. The van der Waals surface area contributed by atoms with E-state index in [9.17, 15) is 4.79 Å². The van der Waals surface area contributed by atoms with E-state index in [1.807, 2.05) is 23.5 Å². The van der Waals surface area contributed by atoms with Gasteiger partial charge in [0.1, 0.15) is 0 Å². The average Bonchev–Trinajstić information content (AvgIpc) is 3.26. The Morgan fingerprint density at radius 3 is 2.50 bits per heavy atom. The van der Waals surface area contributed by atoms with Gasteiger partial charge >= 0.3 is 0 Å². The highest BCUT2D eigenvalue weighted by atomic mass is 32.1. The van der Waals surface area contributed by atoms with Gasteiger partial charge < -0.3 is 4.90 Å². The molecule has 2 aromatic rings. The normalized spacial score (nSPS) is 29.0. The number of nitrogens with zero attached hydrogens (tertiary/aromatic N) is 3. The smallest absolute Gasteiger partial charge is 0.223 e. The van der Waals surface area contributed by atoms with E-state index in [4.69, 9.17) is 0 Å². The van der Waals surface area contributed by atoms with Gasteiger partial charge in [-0.15, -0.1) is 11.3 Å². The van der Waals surface area contributed by atoms with Gasteiger partial charge in [-0.1, -0.05) is 6.07 Å². The van der Waals surface area contributed by atoms with E-state index in [1.165, 1.54) is 10.4 Å². The van der Waals surface area contributed by atoms with Crippen molar-refractivity contribution in [1.82, 2.24) is 14.8 Å². The molecule has 3 heterocycles. The van der Waals surface area contributed by atoms with Gasteiger partial charge in [0.05, 0.1) is 5.54 Å². The zero-order chi connectivity index (χ0) is 18.2. The molecule has 2 fully saturated rings. The van der Waals surface area contributed by atoms with Crippen LogP contribution in [0.5, 0.6) is 0 Å². The fraction of sp³-hybridized carbons (Fsp3) is 0.524. The van der Waals surface area contributed by atoms with Gasteiger partial charge in [0.2, 0.25) is 5.91 Å². The Morgan fingerprint density at radius 1 is 1.15 bits per heavy atom. The number of amides is 1. The highest BCUT2D eigenvalue weighted by Gasteiger charge is 2.50. The molecule has 4 nitrogen and oxygen atoms in total. The van der Waals surface area contributed by atoms with Crippen molar-refractivity contribution in [2.75, 3.05) is 20.6 Å². The van der Waals surface area contributed by atoms with E-state index in [-0.39, 0.29) is 11.0 Å². The van der Waals surface area contributed by atoms with Crippen LogP contribution in [0.3, 0.4) is 0 Å². The third-order valence-corrected chi connectivity index (χ3v) is 7.56. The van der Waals surface area contributed by atoms with Gasteiger partial charge in [-0.05, 0) is 74.3 Å². The molecule has 2 aliphatic rings. The van der Waals surface area contributed by atoms with E-state index >= 15 is 0 Å². The fourth-order valence-electron chi connectivity index (χ4n) is 4.82. The maximum atomic E-state index is 12.7. The number of aromatic nitrogens is 1. The quantitative estimate of drug-likeness (QED) is 0.820. The molecule has 0 aromatic carbocycles. The molecule has 5 heteroatoms. The van der Waals surface area contributed by atoms with Crippen molar-refractivity contribution in [3.05, 3.63) is 52.5 Å². The molecule has 1 saturated carbocycles. The number of carbonyl (C=O) groups is 1. The maximum Gasteiger partial charge on any atom is 0.223 e. The second kappa shape index (κ2) is 6.78. The SMILES string of the molecule is CN(C)C1(c2cccs2)CCC2(CC1)CC(=O)N(Cc1ccncc1)C2. The number of hydrogen-bond donors (Lipinski definition) is 0. The molecule has 0 unspecified atom stereocenters. The van der Waals surface area contributed by atoms with Gasteiger partial charge in [0.25, 0.3) is 0 Å². The summed E-state index contributed by atoms with van der Waals surface area (Å²) in [6, 6.07) is 8.45. The maximum absolute atomic E-state index is 12.7. The van der Waals surface area contributed by atoms with Crippen LogP contribution >= 0.6 is 11.3 Å². The first-order chi connectivity index (χ1) is 12.5. The van der Waals surface area contributed by atoms with Gasteiger partial charge in [-0.2, -0.15) is 0 Å². The molecular formula is C21H27N3OS. The summed E-state index contributed by atoms with van der Waals surface area (Å²) in [6.07, 6.45) is 8.85. The van der Waals surface area contributed by atoms with E-state index in [0.29, 0.717) is 18.9 Å². The lowest BCUT2D eigenvalue weighted by Crippen LogP contribution is -2.47. The summed E-state index contributed by atoms with van der Waals surface area (Å²) in [5.41, 5.74) is 1.48. The van der Waals surface area contributed by atoms with E-state index < -0.39 is 0 Å². The monoisotopic (exact) mass is 369 g/mol. The van der Waals surface area contributed by atoms with Crippen molar-refractivity contribution in [1.29, 1.82) is 0 Å². The second-order valence-electron chi connectivity index (χ2n) is 8.19. The molecular weight excluding hydrogens is 342 g/mol. The molecule has 1 spiro atoms. The summed E-state index contributed by atoms with van der Waals surface area (Å²) in [5, 5.41) is 2.18. The van der Waals surface area contributed by atoms with Crippen LogP contribution in [-0.2, 0) is 16.9 Å². The number of rotatable bonds is 4. The zero-order valence-electron chi connectivity index (χ0n) is 15.6. The van der Waals surface area contributed by atoms with Crippen molar-refractivity contribution < 1.29 is 4.79 Å². The van der Waals surface area contributed by atoms with Crippen molar-refractivity contribution in [2.45, 2.75) is 44.2 Å². The summed E-state index contributed by atoms with van der Waals surface area (Å²) in [6.45, 7) is 1.62.